The Bertz CT molecular complexity index is 1520. The third-order valence-electron chi connectivity index (χ3n) is 7.41. The van der Waals surface area contributed by atoms with E-state index in [0.717, 1.165) is 18.2 Å². The average Bonchev–Trinajstić information content (AvgIpc) is 3.01. The third-order valence-corrected chi connectivity index (χ3v) is 7.41. The molecular formula is C28H32O16. The van der Waals surface area contributed by atoms with Gasteiger partial charge >= 0.3 is 0 Å². The van der Waals surface area contributed by atoms with Gasteiger partial charge in [-0.15, -0.1) is 0 Å². The minimum Gasteiger partial charge on any atom is -0.508 e. The number of hydrogen-bond donors (Lipinski definition) is 9. The molecule has 0 amide bonds. The smallest absolute Gasteiger partial charge is 0.229 e. The summed E-state index contributed by atoms with van der Waals surface area (Å²) in [6.45, 7) is -1.35. The molecule has 2 fully saturated rings. The maximum absolute atomic E-state index is 13.3. The Labute approximate surface area is 248 Å². The molecule has 3 heterocycles. The largest absolute Gasteiger partial charge is 0.508 e. The summed E-state index contributed by atoms with van der Waals surface area (Å²) in [5, 5.41) is 89.8. The number of ether oxygens (including phenoxy) is 5. The molecule has 0 saturated carbocycles. The summed E-state index contributed by atoms with van der Waals surface area (Å²) in [6.07, 6.45) is -15.6. The Kier molecular flexibility index (Phi) is 9.28. The quantitative estimate of drug-likeness (QED) is 0.126. The first-order valence-corrected chi connectivity index (χ1v) is 13.4. The van der Waals surface area contributed by atoms with Gasteiger partial charge in [0.25, 0.3) is 0 Å². The third kappa shape index (κ3) is 5.92. The molecule has 16 heteroatoms. The number of phenols is 1. The first-order valence-electron chi connectivity index (χ1n) is 13.4. The van der Waals surface area contributed by atoms with Crippen LogP contribution in [0.3, 0.4) is 0 Å². The Morgan fingerprint density at radius 2 is 1.27 bits per heavy atom. The fraction of sp³-hybridized carbons (Fsp3) is 0.464. The lowest BCUT2D eigenvalue weighted by atomic mass is 9.99. The number of hydrogen-bond acceptors (Lipinski definition) is 16. The van der Waals surface area contributed by atoms with Crippen molar-refractivity contribution in [1.29, 1.82) is 0 Å². The average molecular weight is 625 g/mol. The standard InChI is InChI=1S/C28H32O16/c1-39-15-4-10(2-3-13(15)41-27-25(37)23(35)21(33)18(8-29)43-27)14-7-12(32)20-16(40-14)5-11(31)6-17(20)42-28-26(38)24(36)22(34)19(9-30)44-28/h2-7,18-19,21-31,33-38H,8-9H2,1H3/t18-,19+,21-,22-,23+,24+,25-,26+,27-,28-/m1/s1. The van der Waals surface area contributed by atoms with Crippen molar-refractivity contribution in [3.63, 3.8) is 0 Å². The second-order valence-electron chi connectivity index (χ2n) is 10.3. The zero-order valence-corrected chi connectivity index (χ0v) is 23.0. The Morgan fingerprint density at radius 3 is 1.82 bits per heavy atom. The normalized spacial score (nSPS) is 32.4. The second-order valence-corrected chi connectivity index (χ2v) is 10.3. The summed E-state index contributed by atoms with van der Waals surface area (Å²) in [6, 6.07) is 7.63. The van der Waals surface area contributed by atoms with E-state index >= 15 is 0 Å². The number of methoxy groups -OCH3 is 1. The van der Waals surface area contributed by atoms with Crippen molar-refractivity contribution < 1.29 is 74.1 Å². The predicted octanol–water partition coefficient (Wildman–Crippen LogP) is -2.47. The highest BCUT2D eigenvalue weighted by Crippen LogP contribution is 2.37. The van der Waals surface area contributed by atoms with Crippen LogP contribution in [0.15, 0.2) is 45.6 Å². The van der Waals surface area contributed by atoms with Gasteiger partial charge in [-0.3, -0.25) is 4.79 Å². The number of phenolic OH excluding ortho intramolecular Hbond substituents is 1. The van der Waals surface area contributed by atoms with Crippen molar-refractivity contribution in [3.8, 4) is 34.3 Å². The molecule has 16 nitrogen and oxygen atoms in total. The summed E-state index contributed by atoms with van der Waals surface area (Å²) in [7, 11) is 1.32. The SMILES string of the molecule is COc1cc(-c2cc(=O)c3c(O[C@@H]4O[C@@H](CO)[C@@H](O)[C@H](O)[C@@H]4O)cc(O)cc3o2)ccc1O[C@@H]1O[C@H](CO)[C@@H](O)[C@H](O)[C@H]1O. The molecule has 2 aromatic carbocycles. The number of aromatic hydroxyl groups is 1. The van der Waals surface area contributed by atoms with E-state index in [-0.39, 0.29) is 34.0 Å². The number of rotatable bonds is 8. The summed E-state index contributed by atoms with van der Waals surface area (Å²) < 4.78 is 33.2. The van der Waals surface area contributed by atoms with Gasteiger partial charge in [0, 0.05) is 23.8 Å². The van der Waals surface area contributed by atoms with Crippen LogP contribution >= 0.6 is 0 Å². The van der Waals surface area contributed by atoms with Crippen LogP contribution in [0.2, 0.25) is 0 Å². The molecule has 1 aromatic heterocycles. The molecule has 10 atom stereocenters. The van der Waals surface area contributed by atoms with Crippen molar-refractivity contribution in [2.24, 2.45) is 0 Å². The predicted molar refractivity (Wildman–Crippen MR) is 145 cm³/mol. The van der Waals surface area contributed by atoms with Gasteiger partial charge in [0.2, 0.25) is 12.6 Å². The maximum atomic E-state index is 13.3. The maximum Gasteiger partial charge on any atom is 0.229 e. The number of benzene rings is 2. The molecule has 0 bridgehead atoms. The van der Waals surface area contributed by atoms with Crippen molar-refractivity contribution in [2.45, 2.75) is 61.4 Å². The first-order chi connectivity index (χ1) is 21.0. The van der Waals surface area contributed by atoms with E-state index in [1.807, 2.05) is 0 Å². The summed E-state index contributed by atoms with van der Waals surface area (Å²) in [5.41, 5.74) is -0.462. The highest BCUT2D eigenvalue weighted by atomic mass is 16.7. The second kappa shape index (κ2) is 12.8. The fourth-order valence-electron chi connectivity index (χ4n) is 4.97. The van der Waals surface area contributed by atoms with E-state index in [2.05, 4.69) is 0 Å². The molecule has 0 radical (unpaired) electrons. The lowest BCUT2D eigenvalue weighted by Gasteiger charge is -2.39. The molecule has 240 valence electrons. The molecule has 2 saturated heterocycles. The van der Waals surface area contributed by atoms with Crippen LogP contribution in [0.25, 0.3) is 22.3 Å². The first kappa shape index (κ1) is 31.9. The number of aliphatic hydroxyl groups is 8. The van der Waals surface area contributed by atoms with Crippen molar-refractivity contribution in [2.75, 3.05) is 20.3 Å². The van der Waals surface area contributed by atoms with Crippen LogP contribution < -0.4 is 19.6 Å². The van der Waals surface area contributed by atoms with Gasteiger partial charge in [-0.1, -0.05) is 0 Å². The zero-order chi connectivity index (χ0) is 31.9. The highest BCUT2D eigenvalue weighted by Gasteiger charge is 2.46. The summed E-state index contributed by atoms with van der Waals surface area (Å²) in [4.78, 5) is 13.3. The minimum atomic E-state index is -1.77. The summed E-state index contributed by atoms with van der Waals surface area (Å²) in [5.74, 6) is -0.519. The summed E-state index contributed by atoms with van der Waals surface area (Å²) >= 11 is 0. The molecule has 5 rings (SSSR count). The molecule has 2 aliphatic heterocycles. The molecule has 0 unspecified atom stereocenters. The topological polar surface area (TPSA) is 258 Å². The van der Waals surface area contributed by atoms with Crippen LogP contribution in [-0.2, 0) is 9.47 Å². The van der Waals surface area contributed by atoms with Crippen LogP contribution in [0.1, 0.15) is 0 Å². The monoisotopic (exact) mass is 624 g/mol. The van der Waals surface area contributed by atoms with Gasteiger partial charge in [-0.2, -0.15) is 0 Å². The molecular weight excluding hydrogens is 592 g/mol. The fourth-order valence-corrected chi connectivity index (χ4v) is 4.97. The van der Waals surface area contributed by atoms with Crippen molar-refractivity contribution in [1.82, 2.24) is 0 Å². The molecule has 0 spiro atoms. The lowest BCUT2D eigenvalue weighted by molar-refractivity contribution is -0.277. The van der Waals surface area contributed by atoms with Crippen LogP contribution in [0.4, 0.5) is 0 Å². The van der Waals surface area contributed by atoms with Crippen LogP contribution in [0, 0.1) is 0 Å². The zero-order valence-electron chi connectivity index (χ0n) is 23.0. The lowest BCUT2D eigenvalue weighted by Crippen LogP contribution is -2.60. The molecule has 3 aromatic rings. The minimum absolute atomic E-state index is 0.0181. The van der Waals surface area contributed by atoms with E-state index in [9.17, 15) is 50.8 Å². The van der Waals surface area contributed by atoms with E-state index in [4.69, 9.17) is 28.1 Å². The van der Waals surface area contributed by atoms with Gasteiger partial charge in [0.05, 0.1) is 20.3 Å². The molecule has 0 aliphatic carbocycles. The molecule has 44 heavy (non-hydrogen) atoms. The van der Waals surface area contributed by atoms with E-state index in [1.54, 1.807) is 0 Å². The molecule has 9 N–H and O–H groups in total. The van der Waals surface area contributed by atoms with E-state index in [0.29, 0.717) is 5.56 Å². The van der Waals surface area contributed by atoms with Gasteiger partial charge < -0.3 is 74.1 Å². The van der Waals surface area contributed by atoms with Crippen molar-refractivity contribution in [3.05, 3.63) is 46.6 Å². The van der Waals surface area contributed by atoms with Gasteiger partial charge in [-0.25, -0.2) is 0 Å². The Balaban J connectivity index is 1.44. The van der Waals surface area contributed by atoms with Crippen molar-refractivity contribution >= 4 is 11.0 Å². The Hall–Kier alpha value is -3.55. The van der Waals surface area contributed by atoms with Gasteiger partial charge in [0.15, 0.2) is 16.9 Å². The van der Waals surface area contributed by atoms with Gasteiger partial charge in [-0.05, 0) is 18.2 Å². The number of aliphatic hydroxyl groups excluding tert-OH is 8. The number of fused-ring (bicyclic) bond motifs is 1. The highest BCUT2D eigenvalue weighted by molar-refractivity contribution is 5.86. The van der Waals surface area contributed by atoms with E-state index < -0.39 is 85.8 Å². The van der Waals surface area contributed by atoms with Crippen LogP contribution in [-0.4, -0.2) is 128 Å². The van der Waals surface area contributed by atoms with E-state index in [1.165, 1.54) is 25.3 Å². The van der Waals surface area contributed by atoms with Gasteiger partial charge in [0.1, 0.15) is 77.1 Å². The van der Waals surface area contributed by atoms with Crippen LogP contribution in [0.5, 0.6) is 23.0 Å². The Morgan fingerprint density at radius 1 is 0.705 bits per heavy atom. The molecule has 2 aliphatic rings.